The van der Waals surface area contributed by atoms with E-state index >= 15 is 0 Å². The molecule has 0 bridgehead atoms. The number of methoxy groups -OCH3 is 1. The maximum absolute atomic E-state index is 11.7. The van der Waals surface area contributed by atoms with Crippen molar-refractivity contribution in [2.45, 2.75) is 10.3 Å². The first kappa shape index (κ1) is 12.1. The molecule has 0 aliphatic carbocycles. The number of thiophene rings is 1. The average molecular weight is 266 g/mol. The first-order valence-electron chi connectivity index (χ1n) is 4.85. The van der Waals surface area contributed by atoms with Crippen LogP contribution in [-0.4, -0.2) is 23.3 Å². The fourth-order valence-corrected chi connectivity index (χ4v) is 2.99. The predicted octanol–water partition coefficient (Wildman–Crippen LogP) is 2.54. The highest BCUT2D eigenvalue weighted by Gasteiger charge is 2.23. The lowest BCUT2D eigenvalue weighted by molar-refractivity contribution is -0.140. The van der Waals surface area contributed by atoms with Crippen LogP contribution < -0.4 is 0 Å². The van der Waals surface area contributed by atoms with E-state index in [2.05, 4.69) is 10.2 Å². The molecule has 88 valence electrons. The molecule has 2 rings (SSSR count). The summed E-state index contributed by atoms with van der Waals surface area (Å²) in [4.78, 5) is 11.7. The largest absolute Gasteiger partial charge is 0.468 e. The van der Waals surface area contributed by atoms with Crippen LogP contribution in [0, 0.1) is 0 Å². The van der Waals surface area contributed by atoms with E-state index in [-0.39, 0.29) is 11.2 Å². The Balaban J connectivity index is 2.20. The van der Waals surface area contributed by atoms with Crippen molar-refractivity contribution in [2.24, 2.45) is 0 Å². The molecule has 0 unspecified atom stereocenters. The van der Waals surface area contributed by atoms with Crippen LogP contribution in [0.4, 0.5) is 0 Å². The molecule has 0 N–H and O–H groups in total. The first-order chi connectivity index (χ1) is 8.31. The van der Waals surface area contributed by atoms with Crippen molar-refractivity contribution in [1.82, 2.24) is 10.2 Å². The molecular weight excluding hydrogens is 256 g/mol. The monoisotopic (exact) mass is 266 g/mol. The van der Waals surface area contributed by atoms with Gasteiger partial charge in [-0.2, -0.15) is 16.4 Å². The molecule has 0 spiro atoms. The summed E-state index contributed by atoms with van der Waals surface area (Å²) >= 11 is 2.89. The Morgan fingerprint density at radius 2 is 2.41 bits per heavy atom. The molecule has 1 atom stereocenters. The van der Waals surface area contributed by atoms with Crippen molar-refractivity contribution >= 4 is 29.1 Å². The van der Waals surface area contributed by atoms with Gasteiger partial charge in [-0.15, -0.1) is 5.10 Å². The number of ether oxygens (including phenoxy) is 1. The van der Waals surface area contributed by atoms with Crippen molar-refractivity contribution in [2.75, 3.05) is 7.11 Å². The number of rotatable bonds is 4. The normalized spacial score (nSPS) is 12.1. The van der Waals surface area contributed by atoms with Crippen molar-refractivity contribution in [3.63, 3.8) is 0 Å². The molecule has 0 aliphatic rings. The number of carbonyl (C=O) groups excluding carboxylic acids is 1. The topological polar surface area (TPSA) is 52.1 Å². The maximum atomic E-state index is 11.7. The van der Waals surface area contributed by atoms with E-state index in [0.717, 1.165) is 5.56 Å². The molecule has 0 aliphatic heterocycles. The van der Waals surface area contributed by atoms with Crippen molar-refractivity contribution < 1.29 is 9.53 Å². The Labute approximate surface area is 107 Å². The second kappa shape index (κ2) is 5.79. The van der Waals surface area contributed by atoms with E-state index in [1.807, 2.05) is 22.9 Å². The predicted molar refractivity (Wildman–Crippen MR) is 67.0 cm³/mol. The Hall–Kier alpha value is -1.40. The Bertz CT molecular complexity index is 473. The zero-order chi connectivity index (χ0) is 12.1. The van der Waals surface area contributed by atoms with Gasteiger partial charge in [-0.1, -0.05) is 11.8 Å². The van der Waals surface area contributed by atoms with Gasteiger partial charge in [0.15, 0.2) is 0 Å². The minimum absolute atomic E-state index is 0.279. The lowest BCUT2D eigenvalue weighted by Crippen LogP contribution is -2.10. The summed E-state index contributed by atoms with van der Waals surface area (Å²) in [7, 11) is 1.39. The lowest BCUT2D eigenvalue weighted by Gasteiger charge is -2.11. The van der Waals surface area contributed by atoms with Crippen LogP contribution in [-0.2, 0) is 9.53 Å². The fraction of sp³-hybridized carbons (Fsp3) is 0.182. The van der Waals surface area contributed by atoms with Gasteiger partial charge < -0.3 is 4.74 Å². The van der Waals surface area contributed by atoms with Crippen LogP contribution in [0.25, 0.3) is 0 Å². The zero-order valence-electron chi connectivity index (χ0n) is 9.07. The fourth-order valence-electron chi connectivity index (χ4n) is 1.25. The molecule has 0 fully saturated rings. The lowest BCUT2D eigenvalue weighted by atomic mass is 10.2. The first-order valence-corrected chi connectivity index (χ1v) is 6.68. The van der Waals surface area contributed by atoms with Gasteiger partial charge >= 0.3 is 5.97 Å². The van der Waals surface area contributed by atoms with Crippen molar-refractivity contribution in [3.05, 3.63) is 40.7 Å². The summed E-state index contributed by atoms with van der Waals surface area (Å²) in [6.45, 7) is 0. The quantitative estimate of drug-likeness (QED) is 0.629. The molecule has 0 saturated heterocycles. The molecule has 0 amide bonds. The van der Waals surface area contributed by atoms with Gasteiger partial charge in [-0.25, -0.2) is 0 Å². The third kappa shape index (κ3) is 3.04. The molecule has 17 heavy (non-hydrogen) atoms. The Morgan fingerprint density at radius 3 is 3.00 bits per heavy atom. The number of thioether (sulfide) groups is 1. The Morgan fingerprint density at radius 1 is 1.53 bits per heavy atom. The van der Waals surface area contributed by atoms with Crippen LogP contribution in [0.5, 0.6) is 0 Å². The highest BCUT2D eigenvalue weighted by Crippen LogP contribution is 2.35. The van der Waals surface area contributed by atoms with E-state index in [0.29, 0.717) is 5.03 Å². The molecule has 6 heteroatoms. The van der Waals surface area contributed by atoms with Crippen LogP contribution in [0.3, 0.4) is 0 Å². The van der Waals surface area contributed by atoms with Gasteiger partial charge in [0.1, 0.15) is 10.3 Å². The number of hydrogen-bond acceptors (Lipinski definition) is 6. The summed E-state index contributed by atoms with van der Waals surface area (Å²) in [5.41, 5.74) is 0.928. The average Bonchev–Trinajstić information content (AvgIpc) is 2.90. The summed E-state index contributed by atoms with van der Waals surface area (Å²) in [5.74, 6) is -0.279. The number of carbonyl (C=O) groups is 1. The zero-order valence-corrected chi connectivity index (χ0v) is 10.7. The summed E-state index contributed by atoms with van der Waals surface area (Å²) < 4.78 is 4.81. The third-order valence-electron chi connectivity index (χ3n) is 2.05. The highest BCUT2D eigenvalue weighted by molar-refractivity contribution is 8.00. The second-order valence-electron chi connectivity index (χ2n) is 3.14. The number of nitrogens with zero attached hydrogens (tertiary/aromatic N) is 2. The number of esters is 1. The molecular formula is C11H10N2O2S2. The third-order valence-corrected chi connectivity index (χ3v) is 3.91. The minimum atomic E-state index is -0.386. The summed E-state index contributed by atoms with van der Waals surface area (Å²) in [6.07, 6.45) is 1.60. The molecule has 2 aromatic rings. The second-order valence-corrected chi connectivity index (χ2v) is 5.05. The number of aromatic nitrogens is 2. The molecule has 2 aromatic heterocycles. The van der Waals surface area contributed by atoms with E-state index in [9.17, 15) is 4.79 Å². The van der Waals surface area contributed by atoms with E-state index in [1.165, 1.54) is 18.9 Å². The summed E-state index contributed by atoms with van der Waals surface area (Å²) in [6, 6.07) is 5.52. The van der Waals surface area contributed by atoms with Crippen LogP contribution >= 0.6 is 23.1 Å². The molecule has 4 nitrogen and oxygen atoms in total. The standard InChI is InChI=1S/C11H10N2O2S2/c1-15-11(14)10(8-4-6-16-7-8)17-9-3-2-5-12-13-9/h2-7,10H,1H3/t10-/m1/s1. The molecule has 2 heterocycles. The number of hydrogen-bond donors (Lipinski definition) is 0. The van der Waals surface area contributed by atoms with Gasteiger partial charge in [0.25, 0.3) is 0 Å². The van der Waals surface area contributed by atoms with E-state index in [1.54, 1.807) is 23.6 Å². The van der Waals surface area contributed by atoms with Gasteiger partial charge in [0, 0.05) is 6.20 Å². The van der Waals surface area contributed by atoms with Gasteiger partial charge in [-0.3, -0.25) is 4.79 Å². The van der Waals surface area contributed by atoms with Crippen LogP contribution in [0.1, 0.15) is 10.8 Å². The minimum Gasteiger partial charge on any atom is -0.468 e. The van der Waals surface area contributed by atoms with Crippen LogP contribution in [0.15, 0.2) is 40.2 Å². The molecule has 0 aromatic carbocycles. The summed E-state index contributed by atoms with van der Waals surface area (Å²) in [5, 5.41) is 11.9. The van der Waals surface area contributed by atoms with E-state index < -0.39 is 0 Å². The SMILES string of the molecule is COC(=O)[C@H](Sc1cccnn1)c1ccsc1. The van der Waals surface area contributed by atoms with Crippen molar-refractivity contribution in [1.29, 1.82) is 0 Å². The van der Waals surface area contributed by atoms with Crippen molar-refractivity contribution in [3.8, 4) is 0 Å². The van der Waals surface area contributed by atoms with Gasteiger partial charge in [0.05, 0.1) is 7.11 Å². The van der Waals surface area contributed by atoms with Gasteiger partial charge in [0.2, 0.25) is 0 Å². The van der Waals surface area contributed by atoms with Crippen LogP contribution in [0.2, 0.25) is 0 Å². The van der Waals surface area contributed by atoms with Gasteiger partial charge in [-0.05, 0) is 34.5 Å². The smallest absolute Gasteiger partial charge is 0.323 e. The maximum Gasteiger partial charge on any atom is 0.323 e. The molecule has 0 saturated carbocycles. The highest BCUT2D eigenvalue weighted by atomic mass is 32.2. The molecule has 0 radical (unpaired) electrons. The van der Waals surface area contributed by atoms with E-state index in [4.69, 9.17) is 4.74 Å². The Kier molecular flexibility index (Phi) is 4.11.